The van der Waals surface area contributed by atoms with Crippen molar-refractivity contribution in [1.82, 2.24) is 19.7 Å². The van der Waals surface area contributed by atoms with E-state index in [1.54, 1.807) is 6.08 Å². The Morgan fingerprint density at radius 3 is 2.60 bits per heavy atom. The van der Waals surface area contributed by atoms with Crippen LogP contribution >= 0.6 is 23.1 Å². The van der Waals surface area contributed by atoms with Gasteiger partial charge >= 0.3 is 5.97 Å². The predicted molar refractivity (Wildman–Crippen MR) is 161 cm³/mol. The molecule has 0 saturated carbocycles. The fraction of sp³-hybridized carbons (Fsp3) is 0.167. The van der Waals surface area contributed by atoms with Crippen molar-refractivity contribution in [3.05, 3.63) is 89.3 Å². The van der Waals surface area contributed by atoms with E-state index in [-0.39, 0.29) is 11.7 Å². The summed E-state index contributed by atoms with van der Waals surface area (Å²) >= 11 is 2.62. The molecule has 0 saturated heterocycles. The highest BCUT2D eigenvalue weighted by Gasteiger charge is 2.23. The van der Waals surface area contributed by atoms with Crippen LogP contribution in [0.5, 0.6) is 0 Å². The van der Waals surface area contributed by atoms with Crippen LogP contribution in [-0.4, -0.2) is 44.5 Å². The summed E-state index contributed by atoms with van der Waals surface area (Å²) in [4.78, 5) is 31.0. The summed E-state index contributed by atoms with van der Waals surface area (Å²) in [6.45, 7) is 8.12. The van der Waals surface area contributed by atoms with Crippen LogP contribution < -0.4 is 5.32 Å². The van der Waals surface area contributed by atoms with Gasteiger partial charge in [-0.1, -0.05) is 66.4 Å². The van der Waals surface area contributed by atoms with Crippen LogP contribution in [0, 0.1) is 13.8 Å². The van der Waals surface area contributed by atoms with Gasteiger partial charge < -0.3 is 10.1 Å². The first kappa shape index (κ1) is 27.3. The topological polar surface area (TPSA) is 99.0 Å². The zero-order valence-corrected chi connectivity index (χ0v) is 23.9. The van der Waals surface area contributed by atoms with Gasteiger partial charge in [0, 0.05) is 27.9 Å². The number of benzene rings is 2. The predicted octanol–water partition coefficient (Wildman–Crippen LogP) is 6.54. The highest BCUT2D eigenvalue weighted by atomic mass is 32.2. The van der Waals surface area contributed by atoms with E-state index < -0.39 is 5.97 Å². The molecule has 3 aromatic heterocycles. The number of esters is 1. The highest BCUT2D eigenvalue weighted by Crippen LogP contribution is 2.35. The maximum Gasteiger partial charge on any atom is 0.341 e. The summed E-state index contributed by atoms with van der Waals surface area (Å²) in [5.41, 5.74) is 4.76. The number of amides is 1. The second-order valence-electron chi connectivity index (χ2n) is 8.96. The second-order valence-corrected chi connectivity index (χ2v) is 11.1. The number of para-hydroxylation sites is 1. The number of methoxy groups -OCH3 is 1. The van der Waals surface area contributed by atoms with Gasteiger partial charge in [-0.2, -0.15) is 0 Å². The van der Waals surface area contributed by atoms with Crippen molar-refractivity contribution >= 4 is 50.9 Å². The minimum atomic E-state index is -0.473. The molecule has 0 unspecified atom stereocenters. The van der Waals surface area contributed by atoms with E-state index in [9.17, 15) is 9.59 Å². The maximum atomic E-state index is 12.9. The molecule has 0 fully saturated rings. The first-order valence-corrected chi connectivity index (χ1v) is 14.3. The molecule has 2 aromatic carbocycles. The zero-order chi connectivity index (χ0) is 28.2. The number of anilines is 1. The summed E-state index contributed by atoms with van der Waals surface area (Å²) in [6, 6.07) is 20.0. The maximum absolute atomic E-state index is 12.9. The van der Waals surface area contributed by atoms with Gasteiger partial charge in [0.25, 0.3) is 0 Å². The van der Waals surface area contributed by atoms with Crippen molar-refractivity contribution in [1.29, 1.82) is 0 Å². The van der Waals surface area contributed by atoms with Gasteiger partial charge in [-0.25, -0.2) is 9.78 Å². The minimum absolute atomic E-state index is 0.0816. The molecule has 0 aliphatic carbocycles. The van der Waals surface area contributed by atoms with E-state index in [0.717, 1.165) is 38.2 Å². The van der Waals surface area contributed by atoms with Gasteiger partial charge in [0.05, 0.1) is 29.6 Å². The number of aromatic nitrogens is 4. The van der Waals surface area contributed by atoms with E-state index in [1.165, 1.54) is 30.2 Å². The zero-order valence-electron chi connectivity index (χ0n) is 22.3. The van der Waals surface area contributed by atoms with E-state index >= 15 is 0 Å². The van der Waals surface area contributed by atoms with Crippen LogP contribution in [0.15, 0.2) is 78.5 Å². The molecule has 0 atom stereocenters. The third kappa shape index (κ3) is 5.41. The number of allylic oxidation sites excluding steroid dienone is 1. The van der Waals surface area contributed by atoms with E-state index in [0.29, 0.717) is 28.1 Å². The van der Waals surface area contributed by atoms with Crippen LogP contribution in [0.2, 0.25) is 0 Å². The number of thiophene rings is 1. The Hall–Kier alpha value is -4.28. The number of hydrogen-bond donors (Lipinski definition) is 1. The number of pyridine rings is 1. The average molecular weight is 570 g/mol. The van der Waals surface area contributed by atoms with Crippen molar-refractivity contribution in [2.24, 2.45) is 0 Å². The number of carbonyl (C=O) groups excluding carboxylic acids is 2. The fourth-order valence-corrected chi connectivity index (χ4v) is 6.17. The van der Waals surface area contributed by atoms with Gasteiger partial charge in [-0.05, 0) is 31.5 Å². The number of nitrogens with zero attached hydrogens (tertiary/aromatic N) is 4. The third-order valence-corrected chi connectivity index (χ3v) is 8.50. The number of carbonyl (C=O) groups is 2. The van der Waals surface area contributed by atoms with Gasteiger partial charge in [-0.3, -0.25) is 9.36 Å². The van der Waals surface area contributed by atoms with Crippen LogP contribution in [0.1, 0.15) is 20.8 Å². The summed E-state index contributed by atoms with van der Waals surface area (Å²) in [7, 11) is 1.33. The van der Waals surface area contributed by atoms with Gasteiger partial charge in [0.2, 0.25) is 5.91 Å². The molecule has 5 aromatic rings. The number of hydrogen-bond acceptors (Lipinski definition) is 8. The highest BCUT2D eigenvalue weighted by molar-refractivity contribution is 7.99. The number of ether oxygens (including phenoxy) is 1. The first-order chi connectivity index (χ1) is 19.4. The van der Waals surface area contributed by atoms with Crippen molar-refractivity contribution in [2.45, 2.75) is 25.5 Å². The monoisotopic (exact) mass is 569 g/mol. The number of aryl methyl sites for hydroxylation is 1. The standard InChI is InChI=1S/C30H27N5O3S2/c1-5-15-35-27(22-16-24(20-11-7-6-8-12-20)31-23-14-10-9-13-21(22)23)33-34-30(35)39-17-25(36)32-28-26(29(37)38-4)18(2)19(3)40-28/h5-14,16H,1,15,17H2,2-4H3,(H,32,36). The average Bonchev–Trinajstić information content (AvgIpc) is 3.50. The first-order valence-electron chi connectivity index (χ1n) is 12.5. The number of rotatable bonds is 9. The van der Waals surface area contributed by atoms with Gasteiger partial charge in [0.1, 0.15) is 5.00 Å². The van der Waals surface area contributed by atoms with Crippen LogP contribution in [-0.2, 0) is 16.1 Å². The molecule has 3 heterocycles. The lowest BCUT2D eigenvalue weighted by atomic mass is 10.0. The van der Waals surface area contributed by atoms with Crippen LogP contribution in [0.3, 0.4) is 0 Å². The Labute approximate surface area is 240 Å². The molecular weight excluding hydrogens is 542 g/mol. The molecule has 0 bridgehead atoms. The smallest absolute Gasteiger partial charge is 0.341 e. The molecule has 40 heavy (non-hydrogen) atoms. The summed E-state index contributed by atoms with van der Waals surface area (Å²) in [5.74, 6) is 0.0145. The molecule has 0 spiro atoms. The van der Waals surface area contributed by atoms with Gasteiger partial charge in [0.15, 0.2) is 11.0 Å². The van der Waals surface area contributed by atoms with E-state index in [1.807, 2.05) is 79.1 Å². The molecule has 1 amide bonds. The van der Waals surface area contributed by atoms with Gasteiger partial charge in [-0.15, -0.1) is 28.1 Å². The lowest BCUT2D eigenvalue weighted by Gasteiger charge is -2.12. The second kappa shape index (κ2) is 11.8. The molecule has 5 rings (SSSR count). The summed E-state index contributed by atoms with van der Waals surface area (Å²) in [5, 5.41) is 13.9. The Morgan fingerprint density at radius 1 is 1.10 bits per heavy atom. The molecule has 1 N–H and O–H groups in total. The summed E-state index contributed by atoms with van der Waals surface area (Å²) in [6.07, 6.45) is 1.78. The SMILES string of the molecule is C=CCn1c(SCC(=O)Nc2sc(C)c(C)c2C(=O)OC)nnc1-c1cc(-c2ccccc2)nc2ccccc12. The third-order valence-electron chi connectivity index (χ3n) is 6.42. The van der Waals surface area contributed by atoms with Crippen LogP contribution in [0.25, 0.3) is 33.5 Å². The minimum Gasteiger partial charge on any atom is -0.465 e. The largest absolute Gasteiger partial charge is 0.465 e. The molecule has 8 nitrogen and oxygen atoms in total. The molecule has 10 heteroatoms. The lowest BCUT2D eigenvalue weighted by molar-refractivity contribution is -0.113. The normalized spacial score (nSPS) is 11.0. The van der Waals surface area contributed by atoms with Crippen molar-refractivity contribution in [3.8, 4) is 22.6 Å². The molecule has 0 aliphatic heterocycles. The Morgan fingerprint density at radius 2 is 1.85 bits per heavy atom. The molecular formula is C30H27N5O3S2. The summed E-state index contributed by atoms with van der Waals surface area (Å²) < 4.78 is 6.86. The van der Waals surface area contributed by atoms with Crippen molar-refractivity contribution in [2.75, 3.05) is 18.2 Å². The van der Waals surface area contributed by atoms with Crippen LogP contribution in [0.4, 0.5) is 5.00 Å². The van der Waals surface area contributed by atoms with Crippen molar-refractivity contribution < 1.29 is 14.3 Å². The number of fused-ring (bicyclic) bond motifs is 1. The van der Waals surface area contributed by atoms with Crippen molar-refractivity contribution in [3.63, 3.8) is 0 Å². The molecule has 0 radical (unpaired) electrons. The Kier molecular flexibility index (Phi) is 8.09. The number of thioether (sulfide) groups is 1. The number of nitrogens with one attached hydrogen (secondary N) is 1. The lowest BCUT2D eigenvalue weighted by Crippen LogP contribution is -2.16. The Balaban J connectivity index is 1.45. The fourth-order valence-electron chi connectivity index (χ4n) is 4.36. The molecule has 202 valence electrons. The molecule has 0 aliphatic rings. The van der Waals surface area contributed by atoms with E-state index in [4.69, 9.17) is 9.72 Å². The Bertz CT molecular complexity index is 1730. The van der Waals surface area contributed by atoms with E-state index in [2.05, 4.69) is 22.1 Å². The quantitative estimate of drug-likeness (QED) is 0.122.